The summed E-state index contributed by atoms with van der Waals surface area (Å²) in [6.07, 6.45) is -8.32. The maximum absolute atomic E-state index is 13.0. The number of rotatable bonds is 6. The maximum atomic E-state index is 13.0. The Bertz CT molecular complexity index is 797. The summed E-state index contributed by atoms with van der Waals surface area (Å²) in [5, 5.41) is 3.29. The van der Waals surface area contributed by atoms with Gasteiger partial charge in [-0.15, -0.1) is 0 Å². The first-order chi connectivity index (χ1) is 14.1. The van der Waals surface area contributed by atoms with Gasteiger partial charge in [0.1, 0.15) is 5.69 Å². The number of nitrogens with zero attached hydrogens (tertiary/aromatic N) is 1. The van der Waals surface area contributed by atoms with Crippen molar-refractivity contribution in [1.82, 2.24) is 10.3 Å². The first-order valence-corrected chi connectivity index (χ1v) is 9.60. The third-order valence-electron chi connectivity index (χ3n) is 5.32. The monoisotopic (exact) mass is 432 g/mol. The van der Waals surface area contributed by atoms with Crippen LogP contribution in [0.15, 0.2) is 42.5 Å². The average molecular weight is 432 g/mol. The lowest BCUT2D eigenvalue weighted by molar-refractivity contribution is -0.145. The zero-order valence-corrected chi connectivity index (χ0v) is 16.1. The predicted octanol–water partition coefficient (Wildman–Crippen LogP) is 5.00. The van der Waals surface area contributed by atoms with Crippen molar-refractivity contribution in [2.75, 3.05) is 26.3 Å². The number of benzene rings is 1. The van der Waals surface area contributed by atoms with E-state index in [-0.39, 0.29) is 30.2 Å². The van der Waals surface area contributed by atoms with Crippen molar-refractivity contribution in [3.63, 3.8) is 0 Å². The van der Waals surface area contributed by atoms with Gasteiger partial charge >= 0.3 is 12.4 Å². The van der Waals surface area contributed by atoms with E-state index >= 15 is 0 Å². The second-order valence-electron chi connectivity index (χ2n) is 7.43. The number of pyridine rings is 1. The van der Waals surface area contributed by atoms with Crippen LogP contribution >= 0.6 is 0 Å². The van der Waals surface area contributed by atoms with Crippen LogP contribution < -0.4 is 5.32 Å². The topological polar surface area (TPSA) is 34.1 Å². The lowest BCUT2D eigenvalue weighted by atomic mass is 9.74. The molecule has 1 aromatic carbocycles. The van der Waals surface area contributed by atoms with Crippen molar-refractivity contribution >= 4 is 0 Å². The molecule has 30 heavy (non-hydrogen) atoms. The Labute approximate surface area is 170 Å². The van der Waals surface area contributed by atoms with Crippen LogP contribution in [0, 0.1) is 0 Å². The number of hydrogen-bond acceptors (Lipinski definition) is 3. The summed E-state index contributed by atoms with van der Waals surface area (Å²) >= 11 is 0. The first kappa shape index (κ1) is 22.6. The molecule has 164 valence electrons. The Morgan fingerprint density at radius 2 is 1.60 bits per heavy atom. The lowest BCUT2D eigenvalue weighted by Gasteiger charge is -2.38. The molecule has 0 saturated carbocycles. The highest BCUT2D eigenvalue weighted by molar-refractivity contribution is 5.27. The molecule has 3 rings (SSSR count). The number of nitrogens with one attached hydrogen (secondary N) is 1. The highest BCUT2D eigenvalue weighted by atomic mass is 19.4. The Morgan fingerprint density at radius 3 is 2.20 bits per heavy atom. The van der Waals surface area contributed by atoms with Gasteiger partial charge in [0.25, 0.3) is 0 Å². The van der Waals surface area contributed by atoms with Crippen molar-refractivity contribution in [3.8, 4) is 0 Å². The van der Waals surface area contributed by atoms with Gasteiger partial charge in [-0.1, -0.05) is 30.3 Å². The fourth-order valence-corrected chi connectivity index (χ4v) is 3.68. The minimum Gasteiger partial charge on any atom is -0.380 e. The predicted molar refractivity (Wildman–Crippen MR) is 99.0 cm³/mol. The van der Waals surface area contributed by atoms with Crippen molar-refractivity contribution in [2.24, 2.45) is 0 Å². The lowest BCUT2D eigenvalue weighted by Crippen LogP contribution is -2.43. The fraction of sp³-hybridized carbons (Fsp3) is 0.476. The van der Waals surface area contributed by atoms with Crippen molar-refractivity contribution < 1.29 is 31.1 Å². The van der Waals surface area contributed by atoms with Crippen molar-refractivity contribution in [1.29, 1.82) is 0 Å². The van der Waals surface area contributed by atoms with Gasteiger partial charge in [-0.2, -0.15) is 26.3 Å². The second-order valence-corrected chi connectivity index (χ2v) is 7.43. The molecule has 0 amide bonds. The number of piperidine rings is 1. The summed E-state index contributed by atoms with van der Waals surface area (Å²) in [4.78, 5) is 3.36. The highest BCUT2D eigenvalue weighted by Gasteiger charge is 2.38. The van der Waals surface area contributed by atoms with Gasteiger partial charge in [0.15, 0.2) is 0 Å². The van der Waals surface area contributed by atoms with Crippen LogP contribution in [-0.2, 0) is 28.9 Å². The zero-order chi connectivity index (χ0) is 21.8. The van der Waals surface area contributed by atoms with Crippen molar-refractivity contribution in [3.05, 3.63) is 65.0 Å². The quantitative estimate of drug-likeness (QED) is 0.515. The normalized spacial score (nSPS) is 17.1. The van der Waals surface area contributed by atoms with E-state index in [1.165, 1.54) is 0 Å². The van der Waals surface area contributed by atoms with E-state index in [0.29, 0.717) is 12.7 Å². The summed E-state index contributed by atoms with van der Waals surface area (Å²) in [5.41, 5.74) is -2.32. The number of ether oxygens (including phenoxy) is 1. The first-order valence-electron chi connectivity index (χ1n) is 9.60. The van der Waals surface area contributed by atoms with Crippen LogP contribution in [0.4, 0.5) is 26.3 Å². The maximum Gasteiger partial charge on any atom is 0.433 e. The molecule has 0 spiro atoms. The molecule has 1 saturated heterocycles. The molecule has 0 atom stereocenters. The average Bonchev–Trinajstić information content (AvgIpc) is 2.71. The molecule has 1 N–H and O–H groups in total. The van der Waals surface area contributed by atoms with E-state index < -0.39 is 23.6 Å². The largest absolute Gasteiger partial charge is 0.433 e. The smallest absolute Gasteiger partial charge is 0.380 e. The molecule has 3 nitrogen and oxygen atoms in total. The Kier molecular flexibility index (Phi) is 6.71. The minimum atomic E-state index is -4.96. The number of alkyl halides is 6. The molecule has 9 heteroatoms. The summed E-state index contributed by atoms with van der Waals surface area (Å²) < 4.78 is 83.5. The molecule has 1 aliphatic rings. The molecule has 0 bridgehead atoms. The standard InChI is InChI=1S/C21H22F6N2O/c22-20(23,24)16-12-17(29-18(13-16)21(25,26)27)6-11-30-14-19(7-9-28-10-8-19)15-4-2-1-3-5-15/h1-5,12-13,28H,6-11,14H2. The Balaban J connectivity index is 1.69. The van der Waals surface area contributed by atoms with Gasteiger partial charge in [0.2, 0.25) is 0 Å². The number of aromatic nitrogens is 1. The van der Waals surface area contributed by atoms with Crippen LogP contribution in [-0.4, -0.2) is 31.3 Å². The van der Waals surface area contributed by atoms with E-state index in [4.69, 9.17) is 4.74 Å². The van der Waals surface area contributed by atoms with E-state index in [2.05, 4.69) is 10.3 Å². The molecular weight excluding hydrogens is 410 g/mol. The highest BCUT2D eigenvalue weighted by Crippen LogP contribution is 2.36. The molecule has 2 heterocycles. The molecule has 1 aliphatic heterocycles. The van der Waals surface area contributed by atoms with Crippen LogP contribution in [0.25, 0.3) is 0 Å². The van der Waals surface area contributed by atoms with Gasteiger partial charge < -0.3 is 10.1 Å². The van der Waals surface area contributed by atoms with Gasteiger partial charge in [-0.25, -0.2) is 4.98 Å². The molecule has 0 unspecified atom stereocenters. The van der Waals surface area contributed by atoms with Gasteiger partial charge in [0.05, 0.1) is 18.8 Å². The molecule has 1 fully saturated rings. The SMILES string of the molecule is FC(F)(F)c1cc(CCOCC2(c3ccccc3)CCNCC2)nc(C(F)(F)F)c1. The van der Waals surface area contributed by atoms with E-state index in [1.54, 1.807) is 0 Å². The van der Waals surface area contributed by atoms with Gasteiger partial charge in [0, 0.05) is 17.5 Å². The summed E-state index contributed by atoms with van der Waals surface area (Å²) in [7, 11) is 0. The van der Waals surface area contributed by atoms with E-state index in [9.17, 15) is 26.3 Å². The molecule has 2 aromatic rings. The Morgan fingerprint density at radius 1 is 0.933 bits per heavy atom. The number of halogens is 6. The molecule has 0 radical (unpaired) electrons. The molecule has 1 aromatic heterocycles. The van der Waals surface area contributed by atoms with Crippen molar-refractivity contribution in [2.45, 2.75) is 37.0 Å². The van der Waals surface area contributed by atoms with Crippen LogP contribution in [0.1, 0.15) is 35.4 Å². The summed E-state index contributed by atoms with van der Waals surface area (Å²) in [5.74, 6) is 0. The van der Waals surface area contributed by atoms with E-state index in [0.717, 1.165) is 31.5 Å². The van der Waals surface area contributed by atoms with Gasteiger partial charge in [-0.05, 0) is 43.6 Å². The minimum absolute atomic E-state index is 0.0202. The third kappa shape index (κ3) is 5.51. The number of hydrogen-bond donors (Lipinski definition) is 1. The summed E-state index contributed by atoms with van der Waals surface area (Å²) in [6.45, 7) is 1.93. The van der Waals surface area contributed by atoms with Crippen LogP contribution in [0.2, 0.25) is 0 Å². The second kappa shape index (κ2) is 8.93. The third-order valence-corrected chi connectivity index (χ3v) is 5.32. The molecular formula is C21H22F6N2O. The van der Waals surface area contributed by atoms with Crippen LogP contribution in [0.3, 0.4) is 0 Å². The zero-order valence-electron chi connectivity index (χ0n) is 16.1. The van der Waals surface area contributed by atoms with Gasteiger partial charge in [-0.3, -0.25) is 0 Å². The summed E-state index contributed by atoms with van der Waals surface area (Å²) in [6, 6.07) is 10.5. The van der Waals surface area contributed by atoms with E-state index in [1.807, 2.05) is 30.3 Å². The fourth-order valence-electron chi connectivity index (χ4n) is 3.68. The van der Waals surface area contributed by atoms with Crippen LogP contribution in [0.5, 0.6) is 0 Å². The molecule has 0 aliphatic carbocycles. The Hall–Kier alpha value is -2.13.